The summed E-state index contributed by atoms with van der Waals surface area (Å²) < 4.78 is 12.2. The first-order chi connectivity index (χ1) is 14.3. The van der Waals surface area contributed by atoms with Crippen molar-refractivity contribution in [3.63, 3.8) is 0 Å². The van der Waals surface area contributed by atoms with Gasteiger partial charge in [-0.05, 0) is 33.1 Å². The number of ether oxygens (including phenoxy) is 1. The second-order valence-electron chi connectivity index (χ2n) is 8.29. The molecule has 0 atom stereocenters. The van der Waals surface area contributed by atoms with E-state index in [1.165, 1.54) is 17.5 Å². The van der Waals surface area contributed by atoms with Gasteiger partial charge in [-0.2, -0.15) is 0 Å². The highest BCUT2D eigenvalue weighted by molar-refractivity contribution is 6.99. The highest BCUT2D eigenvalue weighted by Gasteiger charge is 2.50. The summed E-state index contributed by atoms with van der Waals surface area (Å²) in [7, 11) is -1.17. The molecule has 0 heterocycles. The van der Waals surface area contributed by atoms with Crippen LogP contribution in [0.2, 0.25) is 5.04 Å². The molecule has 0 saturated heterocycles. The average molecular weight is 421 g/mol. The third kappa shape index (κ3) is 4.18. The molecule has 0 bridgehead atoms. The van der Waals surface area contributed by atoms with Crippen molar-refractivity contribution in [1.29, 1.82) is 0 Å². The molecule has 3 rings (SSSR count). The van der Waals surface area contributed by atoms with Crippen molar-refractivity contribution in [2.24, 2.45) is 0 Å². The lowest BCUT2D eigenvalue weighted by molar-refractivity contribution is 0.0693. The molecule has 0 aliphatic heterocycles. The van der Waals surface area contributed by atoms with E-state index in [1.54, 1.807) is 18.2 Å². The number of hydrogen-bond acceptors (Lipinski definition) is 3. The number of hydrogen-bond donors (Lipinski definition) is 1. The largest absolute Gasteiger partial charge is 0.496 e. The van der Waals surface area contributed by atoms with E-state index in [4.69, 9.17) is 9.16 Å². The predicted octanol–water partition coefficient (Wildman–Crippen LogP) is 4.47. The predicted molar refractivity (Wildman–Crippen MR) is 122 cm³/mol. The van der Waals surface area contributed by atoms with Crippen molar-refractivity contribution in [1.82, 2.24) is 0 Å². The van der Waals surface area contributed by atoms with Crippen LogP contribution in [0.1, 0.15) is 36.7 Å². The molecule has 0 saturated carbocycles. The SMILES string of the molecule is COc1cc(CO[Si](c2ccccc2)(c2ccccc2)C(C)(C)C)ccc1C(=O)O. The molecule has 0 aliphatic carbocycles. The van der Waals surface area contributed by atoms with Crippen LogP contribution in [0.4, 0.5) is 0 Å². The molecule has 0 fully saturated rings. The Balaban J connectivity index is 2.07. The molecule has 1 N–H and O–H groups in total. The Morgan fingerprint density at radius 2 is 1.43 bits per heavy atom. The van der Waals surface area contributed by atoms with Gasteiger partial charge in [-0.25, -0.2) is 4.79 Å². The van der Waals surface area contributed by atoms with Gasteiger partial charge in [0.1, 0.15) is 11.3 Å². The summed E-state index contributed by atoms with van der Waals surface area (Å²) in [6, 6.07) is 26.0. The third-order valence-electron chi connectivity index (χ3n) is 5.37. The third-order valence-corrected chi connectivity index (χ3v) is 10.4. The summed E-state index contributed by atoms with van der Waals surface area (Å²) >= 11 is 0. The van der Waals surface area contributed by atoms with Crippen molar-refractivity contribution >= 4 is 24.7 Å². The zero-order valence-electron chi connectivity index (χ0n) is 17.9. The molecule has 3 aromatic rings. The van der Waals surface area contributed by atoms with Crippen LogP contribution in [0.3, 0.4) is 0 Å². The first-order valence-electron chi connectivity index (χ1n) is 9.95. The maximum atomic E-state index is 11.4. The van der Waals surface area contributed by atoms with Crippen LogP contribution in [0.5, 0.6) is 5.75 Å². The number of carboxylic acid groups (broad SMARTS) is 1. The van der Waals surface area contributed by atoms with Crippen LogP contribution in [0.15, 0.2) is 78.9 Å². The molecule has 0 aromatic heterocycles. The summed E-state index contributed by atoms with van der Waals surface area (Å²) in [5.41, 5.74) is 1.02. The fourth-order valence-electron chi connectivity index (χ4n) is 3.96. The highest BCUT2D eigenvalue weighted by Crippen LogP contribution is 2.37. The topological polar surface area (TPSA) is 55.8 Å². The molecule has 3 aromatic carbocycles. The first kappa shape index (κ1) is 21.8. The van der Waals surface area contributed by atoms with Gasteiger partial charge in [0, 0.05) is 0 Å². The Labute approximate surface area is 179 Å². The van der Waals surface area contributed by atoms with Gasteiger partial charge >= 0.3 is 5.97 Å². The fourth-order valence-corrected chi connectivity index (χ4v) is 8.49. The summed E-state index contributed by atoms with van der Waals surface area (Å²) in [6.07, 6.45) is 0. The maximum absolute atomic E-state index is 11.4. The average Bonchev–Trinajstić information content (AvgIpc) is 2.74. The Morgan fingerprint density at radius 3 is 1.87 bits per heavy atom. The van der Waals surface area contributed by atoms with Crippen LogP contribution in [-0.2, 0) is 11.0 Å². The molecule has 0 spiro atoms. The van der Waals surface area contributed by atoms with Crippen LogP contribution < -0.4 is 15.1 Å². The normalized spacial score (nSPS) is 11.9. The molecular weight excluding hydrogens is 392 g/mol. The van der Waals surface area contributed by atoms with Crippen LogP contribution in [0.25, 0.3) is 0 Å². The zero-order valence-corrected chi connectivity index (χ0v) is 18.9. The number of rotatable bonds is 7. The van der Waals surface area contributed by atoms with Gasteiger partial charge in [0.25, 0.3) is 8.32 Å². The number of methoxy groups -OCH3 is 1. The maximum Gasteiger partial charge on any atom is 0.339 e. The lowest BCUT2D eigenvalue weighted by Gasteiger charge is -2.43. The van der Waals surface area contributed by atoms with E-state index in [0.29, 0.717) is 12.4 Å². The highest BCUT2D eigenvalue weighted by atomic mass is 28.4. The van der Waals surface area contributed by atoms with Crippen molar-refractivity contribution in [3.8, 4) is 5.75 Å². The minimum Gasteiger partial charge on any atom is -0.496 e. The van der Waals surface area contributed by atoms with E-state index in [-0.39, 0.29) is 10.6 Å². The van der Waals surface area contributed by atoms with E-state index in [0.717, 1.165) is 5.56 Å². The number of aromatic carboxylic acids is 1. The number of benzene rings is 3. The van der Waals surface area contributed by atoms with Crippen molar-refractivity contribution < 1.29 is 19.1 Å². The van der Waals surface area contributed by atoms with Gasteiger partial charge in [-0.1, -0.05) is 87.5 Å². The molecule has 0 unspecified atom stereocenters. The minimum absolute atomic E-state index is 0.124. The molecule has 30 heavy (non-hydrogen) atoms. The van der Waals surface area contributed by atoms with Gasteiger partial charge < -0.3 is 14.3 Å². The molecular formula is C25H28O4Si. The van der Waals surface area contributed by atoms with Gasteiger partial charge in [-0.3, -0.25) is 0 Å². The summed E-state index contributed by atoms with van der Waals surface area (Å²) in [4.78, 5) is 11.4. The smallest absolute Gasteiger partial charge is 0.339 e. The second kappa shape index (κ2) is 8.86. The van der Waals surface area contributed by atoms with Gasteiger partial charge in [0.15, 0.2) is 0 Å². The quantitative estimate of drug-likeness (QED) is 0.573. The first-order valence-corrected chi connectivity index (χ1v) is 11.9. The Bertz CT molecular complexity index is 955. The standard InChI is InChI=1S/C25H28O4Si/c1-25(2,3)30(20-11-7-5-8-12-20,21-13-9-6-10-14-21)29-18-19-15-16-22(24(26)27)23(17-19)28-4/h5-17H,18H2,1-4H3,(H,26,27). The summed E-state index contributed by atoms with van der Waals surface area (Å²) in [6.45, 7) is 7.05. The molecule has 0 amide bonds. The monoisotopic (exact) mass is 420 g/mol. The van der Waals surface area contributed by atoms with E-state index in [2.05, 4.69) is 69.3 Å². The van der Waals surface area contributed by atoms with E-state index < -0.39 is 14.3 Å². The Kier molecular flexibility index (Phi) is 6.44. The molecule has 156 valence electrons. The van der Waals surface area contributed by atoms with Gasteiger partial charge in [0.05, 0.1) is 13.7 Å². The van der Waals surface area contributed by atoms with Gasteiger partial charge in [-0.15, -0.1) is 0 Å². The van der Waals surface area contributed by atoms with Gasteiger partial charge in [0.2, 0.25) is 0 Å². The Hall–Kier alpha value is -2.89. The lowest BCUT2D eigenvalue weighted by Crippen LogP contribution is -2.66. The summed E-state index contributed by atoms with van der Waals surface area (Å²) in [5, 5.41) is 11.6. The van der Waals surface area contributed by atoms with Crippen LogP contribution in [0, 0.1) is 0 Å². The van der Waals surface area contributed by atoms with Crippen LogP contribution in [-0.4, -0.2) is 26.5 Å². The number of carbonyl (C=O) groups is 1. The van der Waals surface area contributed by atoms with E-state index >= 15 is 0 Å². The minimum atomic E-state index is -2.65. The molecule has 4 nitrogen and oxygen atoms in total. The van der Waals surface area contributed by atoms with E-state index in [1.807, 2.05) is 12.1 Å². The number of carboxylic acids is 1. The molecule has 0 aliphatic rings. The lowest BCUT2D eigenvalue weighted by atomic mass is 10.1. The van der Waals surface area contributed by atoms with Crippen molar-refractivity contribution in [2.75, 3.05) is 7.11 Å². The second-order valence-corrected chi connectivity index (χ2v) is 12.6. The zero-order chi connectivity index (χ0) is 21.8. The van der Waals surface area contributed by atoms with Crippen LogP contribution >= 0.6 is 0 Å². The van der Waals surface area contributed by atoms with Crippen molar-refractivity contribution in [3.05, 3.63) is 90.0 Å². The summed E-state index contributed by atoms with van der Waals surface area (Å²) in [5.74, 6) is -0.669. The fraction of sp³-hybridized carbons (Fsp3) is 0.240. The van der Waals surface area contributed by atoms with Crippen molar-refractivity contribution in [2.45, 2.75) is 32.4 Å². The molecule has 0 radical (unpaired) electrons. The van der Waals surface area contributed by atoms with E-state index in [9.17, 15) is 9.90 Å². The Morgan fingerprint density at radius 1 is 0.900 bits per heavy atom. The molecule has 5 heteroatoms.